The quantitative estimate of drug-likeness (QED) is 0.534. The number of carboxylic acid groups (broad SMARTS) is 1. The predicted octanol–water partition coefficient (Wildman–Crippen LogP) is 5.05. The first-order valence-electron chi connectivity index (χ1n) is 9.51. The van der Waals surface area contributed by atoms with Crippen LogP contribution in [-0.4, -0.2) is 36.0 Å². The van der Waals surface area contributed by atoms with Gasteiger partial charge in [0.05, 0.1) is 37.8 Å². The Bertz CT molecular complexity index is 1040. The van der Waals surface area contributed by atoms with Crippen LogP contribution in [0.25, 0.3) is 5.69 Å². The highest BCUT2D eigenvalue weighted by molar-refractivity contribution is 6.75. The van der Waals surface area contributed by atoms with Crippen LogP contribution >= 0.6 is 0 Å². The largest absolute Gasteiger partial charge is 0.497 e. The lowest BCUT2D eigenvalue weighted by Crippen LogP contribution is -2.24. The van der Waals surface area contributed by atoms with Crippen molar-refractivity contribution in [2.75, 3.05) is 12.4 Å². The summed E-state index contributed by atoms with van der Waals surface area (Å²) in [5.41, 5.74) is 3.69. The molecular weight excluding hydrogens is 382 g/mol. The fourth-order valence-corrected chi connectivity index (χ4v) is 4.47. The summed E-state index contributed by atoms with van der Waals surface area (Å²) >= 11 is 0. The van der Waals surface area contributed by atoms with E-state index in [4.69, 9.17) is 9.84 Å². The lowest BCUT2D eigenvalue weighted by molar-refractivity contribution is 0.0697. The number of methoxy groups -OCH3 is 1. The fraction of sp³-hybridized carbons (Fsp3) is 0.273. The molecule has 152 valence electrons. The zero-order valence-electron chi connectivity index (χ0n) is 17.5. The summed E-state index contributed by atoms with van der Waals surface area (Å²) in [6, 6.07) is 15.9. The summed E-state index contributed by atoms with van der Waals surface area (Å²) in [4.78, 5) is 11.8. The van der Waals surface area contributed by atoms with Crippen molar-refractivity contribution in [3.63, 3.8) is 0 Å². The second kappa shape index (κ2) is 8.12. The number of nitrogens with zero attached hydrogens (tertiary/aromatic N) is 2. The molecule has 7 heteroatoms. The van der Waals surface area contributed by atoms with Gasteiger partial charge in [0, 0.05) is 6.07 Å². The number of nitrogens with one attached hydrogen (secondary N) is 1. The molecule has 0 radical (unpaired) electrons. The molecule has 2 N–H and O–H groups in total. The second-order valence-corrected chi connectivity index (χ2v) is 13.8. The fourth-order valence-electron chi connectivity index (χ4n) is 3.21. The molecule has 0 unspecified atom stereocenters. The molecule has 0 saturated carbocycles. The van der Waals surface area contributed by atoms with Crippen LogP contribution in [0.2, 0.25) is 19.6 Å². The van der Waals surface area contributed by atoms with E-state index in [9.17, 15) is 9.90 Å². The van der Waals surface area contributed by atoms with Crippen molar-refractivity contribution in [2.24, 2.45) is 0 Å². The molecule has 1 aromatic heterocycles. The van der Waals surface area contributed by atoms with Gasteiger partial charge >= 0.3 is 5.97 Å². The molecule has 29 heavy (non-hydrogen) atoms. The van der Waals surface area contributed by atoms with Crippen molar-refractivity contribution < 1.29 is 14.6 Å². The Balaban J connectivity index is 2.09. The monoisotopic (exact) mass is 409 g/mol. The Hall–Kier alpha value is -3.06. The van der Waals surface area contributed by atoms with Crippen molar-refractivity contribution >= 4 is 25.5 Å². The van der Waals surface area contributed by atoms with E-state index >= 15 is 0 Å². The average molecular weight is 410 g/mol. The molecule has 6 nitrogen and oxygen atoms in total. The standard InChI is InChI=1S/C22H27N3O3Si/c1-15-8-6-7-9-20(15)25-21(12-16(24-25)14-29(3,4)5)23-19-11-10-17(28-2)13-18(19)22(26)27/h6-13,23H,14H2,1-5H3,(H,26,27). The third-order valence-electron chi connectivity index (χ3n) is 4.53. The van der Waals surface area contributed by atoms with Gasteiger partial charge in [0.25, 0.3) is 0 Å². The van der Waals surface area contributed by atoms with Crippen LogP contribution < -0.4 is 10.1 Å². The van der Waals surface area contributed by atoms with E-state index in [2.05, 4.69) is 25.0 Å². The van der Waals surface area contributed by atoms with E-state index < -0.39 is 14.0 Å². The molecular formula is C22H27N3O3Si. The number of anilines is 2. The van der Waals surface area contributed by atoms with Crippen molar-refractivity contribution in [3.8, 4) is 11.4 Å². The number of aryl methyl sites for hydroxylation is 1. The predicted molar refractivity (Wildman–Crippen MR) is 119 cm³/mol. The molecule has 0 saturated heterocycles. The number of carbonyl (C=O) groups is 1. The highest BCUT2D eigenvalue weighted by Gasteiger charge is 2.20. The topological polar surface area (TPSA) is 76.4 Å². The number of ether oxygens (including phenoxy) is 1. The lowest BCUT2D eigenvalue weighted by atomic mass is 10.1. The van der Waals surface area contributed by atoms with Crippen molar-refractivity contribution in [3.05, 3.63) is 65.4 Å². The molecule has 0 aliphatic heterocycles. The number of carboxylic acids is 1. The zero-order chi connectivity index (χ0) is 21.2. The molecule has 0 aliphatic rings. The molecule has 0 fully saturated rings. The van der Waals surface area contributed by atoms with Gasteiger partial charge in [-0.2, -0.15) is 5.10 Å². The molecule has 0 atom stereocenters. The Morgan fingerprint density at radius 2 is 1.90 bits per heavy atom. The SMILES string of the molecule is COc1ccc(Nc2cc(C[Si](C)(C)C)nn2-c2ccccc2C)c(C(=O)O)c1. The second-order valence-electron chi connectivity index (χ2n) is 8.30. The minimum Gasteiger partial charge on any atom is -0.497 e. The first-order chi connectivity index (χ1) is 13.7. The van der Waals surface area contributed by atoms with E-state index in [1.165, 1.54) is 13.2 Å². The maximum absolute atomic E-state index is 11.8. The van der Waals surface area contributed by atoms with Crippen LogP contribution in [0.5, 0.6) is 5.75 Å². The van der Waals surface area contributed by atoms with Crippen LogP contribution in [0, 0.1) is 6.92 Å². The van der Waals surface area contributed by atoms with Crippen molar-refractivity contribution in [1.82, 2.24) is 9.78 Å². The van der Waals surface area contributed by atoms with Gasteiger partial charge in [0.15, 0.2) is 0 Å². The van der Waals surface area contributed by atoms with Gasteiger partial charge in [-0.1, -0.05) is 37.8 Å². The molecule has 1 heterocycles. The van der Waals surface area contributed by atoms with E-state index in [0.29, 0.717) is 11.4 Å². The smallest absolute Gasteiger partial charge is 0.337 e. The highest BCUT2D eigenvalue weighted by Crippen LogP contribution is 2.29. The minimum absolute atomic E-state index is 0.147. The van der Waals surface area contributed by atoms with Gasteiger partial charge in [0.1, 0.15) is 11.6 Å². The summed E-state index contributed by atoms with van der Waals surface area (Å²) in [5, 5.41) is 17.8. The summed E-state index contributed by atoms with van der Waals surface area (Å²) in [7, 11) is 0.148. The van der Waals surface area contributed by atoms with Crippen LogP contribution in [0.15, 0.2) is 48.5 Å². The third-order valence-corrected chi connectivity index (χ3v) is 5.96. The number of hydrogen-bond donors (Lipinski definition) is 2. The first-order valence-corrected chi connectivity index (χ1v) is 13.2. The van der Waals surface area contributed by atoms with Crippen molar-refractivity contribution in [1.29, 1.82) is 0 Å². The summed E-state index contributed by atoms with van der Waals surface area (Å²) in [5.74, 6) is 0.218. The van der Waals surface area contributed by atoms with Crippen LogP contribution in [0.1, 0.15) is 21.6 Å². The van der Waals surface area contributed by atoms with Crippen LogP contribution in [0.4, 0.5) is 11.5 Å². The minimum atomic E-state index is -1.37. The average Bonchev–Trinajstić information content (AvgIpc) is 3.02. The number of para-hydroxylation sites is 1. The highest BCUT2D eigenvalue weighted by atomic mass is 28.3. The zero-order valence-corrected chi connectivity index (χ0v) is 18.5. The van der Waals surface area contributed by atoms with Gasteiger partial charge in [-0.15, -0.1) is 0 Å². The molecule has 0 amide bonds. The van der Waals surface area contributed by atoms with E-state index in [1.807, 2.05) is 41.9 Å². The first kappa shape index (κ1) is 20.7. The Morgan fingerprint density at radius 3 is 2.52 bits per heavy atom. The van der Waals surface area contributed by atoms with E-state index in [0.717, 1.165) is 28.8 Å². The lowest BCUT2D eigenvalue weighted by Gasteiger charge is -2.14. The molecule has 3 aromatic rings. The van der Waals surface area contributed by atoms with Gasteiger partial charge in [-0.05, 0) is 42.8 Å². The molecule has 0 aliphatic carbocycles. The number of aromatic nitrogens is 2. The van der Waals surface area contributed by atoms with Gasteiger partial charge < -0.3 is 15.2 Å². The van der Waals surface area contributed by atoms with Crippen LogP contribution in [-0.2, 0) is 6.04 Å². The molecule has 3 rings (SSSR count). The number of aromatic carboxylic acids is 1. The van der Waals surface area contributed by atoms with Gasteiger partial charge in [-0.25, -0.2) is 9.48 Å². The van der Waals surface area contributed by atoms with Gasteiger partial charge in [0.2, 0.25) is 0 Å². The maximum Gasteiger partial charge on any atom is 0.337 e. The summed E-state index contributed by atoms with van der Waals surface area (Å²) < 4.78 is 7.04. The van der Waals surface area contributed by atoms with Crippen molar-refractivity contribution in [2.45, 2.75) is 32.6 Å². The Kier molecular flexibility index (Phi) is 5.79. The third kappa shape index (κ3) is 4.86. The number of benzene rings is 2. The molecule has 0 bridgehead atoms. The molecule has 2 aromatic carbocycles. The summed E-state index contributed by atoms with van der Waals surface area (Å²) in [6.07, 6.45) is 0. The number of hydrogen-bond acceptors (Lipinski definition) is 4. The van der Waals surface area contributed by atoms with E-state index in [-0.39, 0.29) is 5.56 Å². The Morgan fingerprint density at radius 1 is 1.17 bits per heavy atom. The number of rotatable bonds is 7. The Labute approximate surface area is 172 Å². The normalized spacial score (nSPS) is 11.3. The maximum atomic E-state index is 11.8. The summed E-state index contributed by atoms with van der Waals surface area (Å²) in [6.45, 7) is 8.95. The molecule has 0 spiro atoms. The van der Waals surface area contributed by atoms with E-state index in [1.54, 1.807) is 12.1 Å². The van der Waals surface area contributed by atoms with Gasteiger partial charge in [-0.3, -0.25) is 0 Å². The van der Waals surface area contributed by atoms with Crippen LogP contribution in [0.3, 0.4) is 0 Å².